The first-order valence-corrected chi connectivity index (χ1v) is 8.44. The van der Waals surface area contributed by atoms with Crippen molar-refractivity contribution in [3.05, 3.63) is 69.8 Å². The van der Waals surface area contributed by atoms with Gasteiger partial charge in [0, 0.05) is 11.6 Å². The molecule has 1 aromatic heterocycles. The smallest absolute Gasteiger partial charge is 0.271 e. The van der Waals surface area contributed by atoms with Gasteiger partial charge in [-0.25, -0.2) is 4.98 Å². The molecule has 0 saturated carbocycles. The van der Waals surface area contributed by atoms with Crippen molar-refractivity contribution < 1.29 is 4.79 Å². The third-order valence-corrected chi connectivity index (χ3v) is 4.60. The Bertz CT molecular complexity index is 996. The Morgan fingerprint density at radius 3 is 2.68 bits per heavy atom. The Morgan fingerprint density at radius 1 is 1.28 bits per heavy atom. The van der Waals surface area contributed by atoms with E-state index in [4.69, 9.17) is 22.7 Å². The number of carbonyl (C=O) groups excluding carboxylic acids is 1. The number of aromatic nitrogens is 2. The zero-order valence-electron chi connectivity index (χ0n) is 13.9. The number of primary amides is 1. The minimum atomic E-state index is -0.698. The van der Waals surface area contributed by atoms with Crippen molar-refractivity contribution in [1.29, 1.82) is 5.41 Å². The normalized spacial score (nSPS) is 11.0. The van der Waals surface area contributed by atoms with E-state index in [0.29, 0.717) is 17.1 Å². The minimum Gasteiger partial charge on any atom is -0.364 e. The lowest BCUT2D eigenvalue weighted by molar-refractivity contribution is 0.0993. The number of aryl methyl sites for hydroxylation is 3. The van der Waals surface area contributed by atoms with Gasteiger partial charge in [-0.15, -0.1) is 0 Å². The van der Waals surface area contributed by atoms with E-state index in [9.17, 15) is 4.79 Å². The quantitative estimate of drug-likeness (QED) is 0.737. The molecule has 3 aromatic rings. The number of rotatable bonds is 5. The van der Waals surface area contributed by atoms with Crippen LogP contribution in [0.3, 0.4) is 0 Å². The first-order valence-electron chi connectivity index (χ1n) is 8.06. The highest BCUT2D eigenvalue weighted by atomic mass is 35.5. The predicted octanol–water partition coefficient (Wildman–Crippen LogP) is 3.21. The van der Waals surface area contributed by atoms with Crippen molar-refractivity contribution in [1.82, 2.24) is 9.55 Å². The highest BCUT2D eigenvalue weighted by Gasteiger charge is 2.14. The van der Waals surface area contributed by atoms with Gasteiger partial charge in [0.1, 0.15) is 0 Å². The summed E-state index contributed by atoms with van der Waals surface area (Å²) in [7, 11) is 0. The number of halogens is 1. The molecule has 0 unspecified atom stereocenters. The van der Waals surface area contributed by atoms with E-state index in [2.05, 4.69) is 17.1 Å². The van der Waals surface area contributed by atoms with Crippen LogP contribution in [0.2, 0.25) is 5.02 Å². The van der Waals surface area contributed by atoms with Crippen molar-refractivity contribution in [3.63, 3.8) is 0 Å². The minimum absolute atomic E-state index is 0.0195. The monoisotopic (exact) mass is 354 g/mol. The summed E-state index contributed by atoms with van der Waals surface area (Å²) in [5.74, 6) is -0.698. The van der Waals surface area contributed by atoms with Gasteiger partial charge < -0.3 is 10.3 Å². The van der Waals surface area contributed by atoms with Gasteiger partial charge >= 0.3 is 0 Å². The molecule has 0 aliphatic carbocycles. The lowest BCUT2D eigenvalue weighted by Crippen LogP contribution is -2.32. The maximum atomic E-state index is 11.7. The van der Waals surface area contributed by atoms with Crippen molar-refractivity contribution in [2.45, 2.75) is 26.3 Å². The van der Waals surface area contributed by atoms with Crippen LogP contribution >= 0.6 is 11.6 Å². The average Bonchev–Trinajstić information content (AvgIpc) is 2.59. The van der Waals surface area contributed by atoms with Gasteiger partial charge in [-0.05, 0) is 43.0 Å². The number of hydrogen-bond acceptors (Lipinski definition) is 3. The summed E-state index contributed by atoms with van der Waals surface area (Å²) in [6, 6.07) is 13.8. The van der Waals surface area contributed by atoms with Gasteiger partial charge in [-0.1, -0.05) is 41.9 Å². The molecule has 0 aliphatic rings. The topological polar surface area (TPSA) is 84.8 Å². The molecule has 3 N–H and O–H groups in total. The van der Waals surface area contributed by atoms with E-state index < -0.39 is 5.91 Å². The van der Waals surface area contributed by atoms with Gasteiger partial charge in [0.05, 0.1) is 11.0 Å². The predicted molar refractivity (Wildman–Crippen MR) is 98.6 cm³/mol. The summed E-state index contributed by atoms with van der Waals surface area (Å²) < 4.78 is 1.76. The molecule has 2 aromatic carbocycles. The standard InChI is InChI=1S/C19H19ClN4O/c1-12-10-15-16(11-14(12)20)24(18(21)17(23-15)19(22)25)9-5-8-13-6-3-2-4-7-13/h2-4,6-7,10-11,21H,5,8-9H2,1H3,(H2,22,25). The Morgan fingerprint density at radius 2 is 2.00 bits per heavy atom. The summed E-state index contributed by atoms with van der Waals surface area (Å²) in [4.78, 5) is 15.9. The van der Waals surface area contributed by atoms with Crippen molar-refractivity contribution in [2.75, 3.05) is 0 Å². The summed E-state index contributed by atoms with van der Waals surface area (Å²) in [5, 5.41) is 8.93. The molecule has 0 saturated heterocycles. The summed E-state index contributed by atoms with van der Waals surface area (Å²) in [6.07, 6.45) is 1.70. The maximum absolute atomic E-state index is 11.7. The SMILES string of the molecule is Cc1cc2nc(C(N)=O)c(=N)n(CCCc3ccccc3)c2cc1Cl. The van der Waals surface area contributed by atoms with Crippen LogP contribution in [0.1, 0.15) is 28.0 Å². The molecule has 5 nitrogen and oxygen atoms in total. The third-order valence-electron chi connectivity index (χ3n) is 4.20. The Balaban J connectivity index is 2.02. The number of nitrogens with one attached hydrogen (secondary N) is 1. The van der Waals surface area contributed by atoms with Crippen LogP contribution in [0.25, 0.3) is 11.0 Å². The Hall–Kier alpha value is -2.66. The first-order chi connectivity index (χ1) is 12.0. The van der Waals surface area contributed by atoms with Gasteiger partial charge in [0.15, 0.2) is 11.2 Å². The number of nitrogens with two attached hydrogens (primary N) is 1. The first kappa shape index (κ1) is 17.2. The zero-order valence-corrected chi connectivity index (χ0v) is 14.7. The Kier molecular flexibility index (Phi) is 4.86. The molecule has 0 bridgehead atoms. The van der Waals surface area contributed by atoms with E-state index in [0.717, 1.165) is 23.9 Å². The molecule has 0 fully saturated rings. The summed E-state index contributed by atoms with van der Waals surface area (Å²) in [5.41, 5.74) is 8.85. The number of carbonyl (C=O) groups is 1. The highest BCUT2D eigenvalue weighted by Crippen LogP contribution is 2.22. The highest BCUT2D eigenvalue weighted by molar-refractivity contribution is 6.32. The number of fused-ring (bicyclic) bond motifs is 1. The van der Waals surface area contributed by atoms with Crippen LogP contribution in [-0.4, -0.2) is 15.5 Å². The molecule has 128 valence electrons. The fourth-order valence-corrected chi connectivity index (χ4v) is 3.03. The lowest BCUT2D eigenvalue weighted by Gasteiger charge is -2.14. The molecule has 25 heavy (non-hydrogen) atoms. The van der Waals surface area contributed by atoms with Crippen molar-refractivity contribution >= 4 is 28.5 Å². The van der Waals surface area contributed by atoms with Gasteiger partial charge in [-0.3, -0.25) is 10.2 Å². The molecular formula is C19H19ClN4O. The molecule has 1 heterocycles. The van der Waals surface area contributed by atoms with Crippen LogP contribution in [-0.2, 0) is 13.0 Å². The summed E-state index contributed by atoms with van der Waals surface area (Å²) in [6.45, 7) is 2.45. The van der Waals surface area contributed by atoms with Crippen LogP contribution < -0.4 is 11.2 Å². The third kappa shape index (κ3) is 3.56. The van der Waals surface area contributed by atoms with E-state index in [1.807, 2.05) is 31.2 Å². The molecule has 0 radical (unpaired) electrons. The number of nitrogens with zero attached hydrogens (tertiary/aromatic N) is 2. The number of benzene rings is 2. The van der Waals surface area contributed by atoms with E-state index in [1.54, 1.807) is 10.6 Å². The molecule has 6 heteroatoms. The van der Waals surface area contributed by atoms with Crippen molar-refractivity contribution in [3.8, 4) is 0 Å². The molecular weight excluding hydrogens is 336 g/mol. The lowest BCUT2D eigenvalue weighted by atomic mass is 10.1. The molecule has 1 amide bonds. The molecule has 0 atom stereocenters. The second-order valence-corrected chi connectivity index (χ2v) is 6.41. The van der Waals surface area contributed by atoms with E-state index >= 15 is 0 Å². The largest absolute Gasteiger partial charge is 0.364 e. The maximum Gasteiger partial charge on any atom is 0.271 e. The van der Waals surface area contributed by atoms with Crippen molar-refractivity contribution in [2.24, 2.45) is 5.73 Å². The van der Waals surface area contributed by atoms with Gasteiger partial charge in [0.2, 0.25) is 0 Å². The number of amides is 1. The number of hydrogen-bond donors (Lipinski definition) is 2. The van der Waals surface area contributed by atoms with Gasteiger partial charge in [0.25, 0.3) is 5.91 Å². The molecule has 0 spiro atoms. The fraction of sp³-hybridized carbons (Fsp3) is 0.211. The summed E-state index contributed by atoms with van der Waals surface area (Å²) >= 11 is 6.25. The van der Waals surface area contributed by atoms with Crippen LogP contribution in [0.15, 0.2) is 42.5 Å². The van der Waals surface area contributed by atoms with E-state index in [1.165, 1.54) is 5.56 Å². The second-order valence-electron chi connectivity index (χ2n) is 6.00. The Labute approximate surface area is 150 Å². The molecule has 3 rings (SSSR count). The van der Waals surface area contributed by atoms with Crippen LogP contribution in [0.5, 0.6) is 0 Å². The van der Waals surface area contributed by atoms with Crippen LogP contribution in [0.4, 0.5) is 0 Å². The van der Waals surface area contributed by atoms with Gasteiger partial charge in [-0.2, -0.15) is 0 Å². The fourth-order valence-electron chi connectivity index (χ4n) is 2.87. The van der Waals surface area contributed by atoms with Crippen LogP contribution in [0, 0.1) is 12.3 Å². The average molecular weight is 355 g/mol. The van der Waals surface area contributed by atoms with E-state index in [-0.39, 0.29) is 11.2 Å². The second kappa shape index (κ2) is 7.07. The zero-order chi connectivity index (χ0) is 18.0. The molecule has 0 aliphatic heterocycles.